The van der Waals surface area contributed by atoms with E-state index >= 15 is 0 Å². The van der Waals surface area contributed by atoms with Crippen molar-refractivity contribution in [2.24, 2.45) is 0 Å². The van der Waals surface area contributed by atoms with Crippen molar-refractivity contribution in [2.45, 2.75) is 44.9 Å². The van der Waals surface area contributed by atoms with Crippen LogP contribution < -0.4 is 10.9 Å². The number of fused-ring (bicyclic) bond motifs is 1. The van der Waals surface area contributed by atoms with E-state index < -0.39 is 0 Å². The number of nitrogens with one attached hydrogen (secondary N) is 2. The van der Waals surface area contributed by atoms with E-state index in [0.717, 1.165) is 35.4 Å². The van der Waals surface area contributed by atoms with E-state index in [1.165, 1.54) is 5.56 Å². The molecule has 0 unspecified atom stereocenters. The number of anilines is 1. The fraction of sp³-hybridized carbons (Fsp3) is 0.280. The van der Waals surface area contributed by atoms with Gasteiger partial charge >= 0.3 is 0 Å². The van der Waals surface area contributed by atoms with E-state index in [9.17, 15) is 9.59 Å². The van der Waals surface area contributed by atoms with Crippen LogP contribution in [0.4, 0.5) is 5.82 Å². The summed E-state index contributed by atoms with van der Waals surface area (Å²) in [5.41, 5.74) is 5.20. The summed E-state index contributed by atoms with van der Waals surface area (Å²) in [6.45, 7) is 4.32. The maximum atomic E-state index is 13.5. The first-order valence-corrected chi connectivity index (χ1v) is 10.6. The fourth-order valence-corrected chi connectivity index (χ4v) is 4.60. The number of benzene rings is 2. The van der Waals surface area contributed by atoms with Gasteiger partial charge < -0.3 is 5.32 Å². The second-order valence-corrected chi connectivity index (χ2v) is 8.42. The van der Waals surface area contributed by atoms with Gasteiger partial charge in [-0.1, -0.05) is 56.3 Å². The molecule has 5 rings (SSSR count). The first-order chi connectivity index (χ1) is 14.5. The Labute approximate surface area is 175 Å². The molecule has 0 fully saturated rings. The van der Waals surface area contributed by atoms with Gasteiger partial charge in [0.1, 0.15) is 5.82 Å². The summed E-state index contributed by atoms with van der Waals surface area (Å²) in [6, 6.07) is 17.9. The summed E-state index contributed by atoms with van der Waals surface area (Å²) < 4.78 is 1.57. The van der Waals surface area contributed by atoms with E-state index in [-0.39, 0.29) is 17.3 Å². The molecule has 1 aliphatic carbocycles. The van der Waals surface area contributed by atoms with Crippen LogP contribution in [0.5, 0.6) is 0 Å². The minimum atomic E-state index is -0.348. The van der Waals surface area contributed by atoms with Crippen molar-refractivity contribution in [3.8, 4) is 5.69 Å². The molecule has 5 heteroatoms. The van der Waals surface area contributed by atoms with E-state index in [4.69, 9.17) is 0 Å². The third-order valence-electron chi connectivity index (χ3n) is 6.19. The highest BCUT2D eigenvalue weighted by atomic mass is 16.1. The number of rotatable bonds is 3. The van der Waals surface area contributed by atoms with Crippen LogP contribution in [0.2, 0.25) is 0 Å². The molecule has 152 valence electrons. The lowest BCUT2D eigenvalue weighted by molar-refractivity contribution is -0.116. The third-order valence-corrected chi connectivity index (χ3v) is 6.19. The molecule has 30 heavy (non-hydrogen) atoms. The summed E-state index contributed by atoms with van der Waals surface area (Å²) in [5.74, 6) is 0.907. The zero-order valence-electron chi connectivity index (χ0n) is 17.2. The lowest BCUT2D eigenvalue weighted by atomic mass is 9.76. The van der Waals surface area contributed by atoms with Crippen molar-refractivity contribution in [2.75, 3.05) is 5.32 Å². The molecule has 0 bridgehead atoms. The lowest BCUT2D eigenvalue weighted by Gasteiger charge is -2.31. The van der Waals surface area contributed by atoms with Crippen molar-refractivity contribution in [1.82, 2.24) is 9.78 Å². The van der Waals surface area contributed by atoms with E-state index in [0.29, 0.717) is 23.7 Å². The third kappa shape index (κ3) is 2.93. The molecule has 0 saturated heterocycles. The standard InChI is InChI=1S/C25H25N3O2/c1-15(2)16-11-13-17(14-12-16)21-22-19(9-6-10-20(22)29)26-24-23(21)25(30)28(27-24)18-7-4-3-5-8-18/h3-5,7-8,11-15,21,26-27H,6,9-10H2,1-2H3/t21-/m1/s1. The van der Waals surface area contributed by atoms with Crippen molar-refractivity contribution >= 4 is 11.6 Å². The SMILES string of the molecule is CC(C)c1ccc([C@@H]2C3=C(CCCC3=O)Nc3[nH]n(-c4ccccc4)c(=O)c32)cc1. The van der Waals surface area contributed by atoms with Gasteiger partial charge in [-0.25, -0.2) is 4.68 Å². The van der Waals surface area contributed by atoms with Crippen LogP contribution in [0.15, 0.2) is 70.7 Å². The highest BCUT2D eigenvalue weighted by Gasteiger charge is 2.38. The summed E-state index contributed by atoms with van der Waals surface area (Å²) in [7, 11) is 0. The number of aromatic nitrogens is 2. The molecule has 0 amide bonds. The van der Waals surface area contributed by atoms with Gasteiger partial charge in [-0.3, -0.25) is 14.7 Å². The van der Waals surface area contributed by atoms with E-state index in [1.54, 1.807) is 4.68 Å². The topological polar surface area (TPSA) is 66.9 Å². The number of nitrogens with zero attached hydrogens (tertiary/aromatic N) is 1. The zero-order valence-corrected chi connectivity index (χ0v) is 17.2. The summed E-state index contributed by atoms with van der Waals surface area (Å²) in [5, 5.41) is 6.62. The number of para-hydroxylation sites is 1. The molecule has 5 nitrogen and oxygen atoms in total. The molecule has 2 aromatic carbocycles. The van der Waals surface area contributed by atoms with Gasteiger partial charge in [-0.05, 0) is 42.0 Å². The molecule has 1 aliphatic heterocycles. The normalized spacial score (nSPS) is 18.2. The second-order valence-electron chi connectivity index (χ2n) is 8.42. The smallest absolute Gasteiger partial charge is 0.277 e. The summed E-state index contributed by atoms with van der Waals surface area (Å²) >= 11 is 0. The molecule has 0 spiro atoms. The van der Waals surface area contributed by atoms with Crippen LogP contribution in [0.1, 0.15) is 61.6 Å². The molecule has 2 N–H and O–H groups in total. The number of hydrogen-bond donors (Lipinski definition) is 2. The number of H-pyrrole nitrogens is 1. The average molecular weight is 399 g/mol. The molecule has 2 aliphatic rings. The van der Waals surface area contributed by atoms with E-state index in [2.05, 4.69) is 48.5 Å². The second kappa shape index (κ2) is 7.17. The van der Waals surface area contributed by atoms with Crippen LogP contribution >= 0.6 is 0 Å². The number of hydrogen-bond acceptors (Lipinski definition) is 3. The molecule has 0 radical (unpaired) electrons. The monoisotopic (exact) mass is 399 g/mol. The number of Topliss-reactive ketones (excluding diaryl/α,β-unsaturated/α-hetero) is 1. The Balaban J connectivity index is 1.71. The van der Waals surface area contributed by atoms with Gasteiger partial charge in [0.25, 0.3) is 5.56 Å². The maximum Gasteiger partial charge on any atom is 0.277 e. The number of aromatic amines is 1. The highest BCUT2D eigenvalue weighted by molar-refractivity contribution is 6.00. The van der Waals surface area contributed by atoms with Crippen molar-refractivity contribution in [3.63, 3.8) is 0 Å². The Morgan fingerprint density at radius 3 is 2.40 bits per heavy atom. The van der Waals surface area contributed by atoms with Crippen molar-refractivity contribution in [3.05, 3.63) is 92.9 Å². The first-order valence-electron chi connectivity index (χ1n) is 10.6. The summed E-state index contributed by atoms with van der Waals surface area (Å²) in [6.07, 6.45) is 2.19. The Bertz CT molecular complexity index is 1200. The first kappa shape index (κ1) is 18.7. The maximum absolute atomic E-state index is 13.5. The van der Waals surface area contributed by atoms with E-state index in [1.807, 2.05) is 30.3 Å². The largest absolute Gasteiger partial charge is 0.343 e. The van der Waals surface area contributed by atoms with Gasteiger partial charge in [0.2, 0.25) is 0 Å². The van der Waals surface area contributed by atoms with Gasteiger partial charge in [-0.2, -0.15) is 0 Å². The quantitative estimate of drug-likeness (QED) is 0.661. The van der Waals surface area contributed by atoms with Crippen LogP contribution in [0, 0.1) is 0 Å². The Morgan fingerprint density at radius 2 is 1.70 bits per heavy atom. The molecule has 0 saturated carbocycles. The average Bonchev–Trinajstić information content (AvgIpc) is 3.09. The minimum absolute atomic E-state index is 0.119. The number of allylic oxidation sites excluding steroid dienone is 2. The Hall–Kier alpha value is -3.34. The van der Waals surface area contributed by atoms with Crippen LogP contribution in [0.25, 0.3) is 5.69 Å². The number of ketones is 1. The lowest BCUT2D eigenvalue weighted by Crippen LogP contribution is -2.29. The van der Waals surface area contributed by atoms with Gasteiger partial charge in [-0.15, -0.1) is 0 Å². The summed E-state index contributed by atoms with van der Waals surface area (Å²) in [4.78, 5) is 26.5. The van der Waals surface area contributed by atoms with Gasteiger partial charge in [0.05, 0.1) is 11.3 Å². The molecular weight excluding hydrogens is 374 g/mol. The molecule has 1 atom stereocenters. The number of carbonyl (C=O) groups is 1. The van der Waals surface area contributed by atoms with Crippen LogP contribution in [0.3, 0.4) is 0 Å². The van der Waals surface area contributed by atoms with Crippen LogP contribution in [-0.2, 0) is 4.79 Å². The van der Waals surface area contributed by atoms with Gasteiger partial charge in [0.15, 0.2) is 5.78 Å². The number of carbonyl (C=O) groups excluding carboxylic acids is 1. The molecule has 3 aromatic rings. The zero-order chi connectivity index (χ0) is 20.8. The minimum Gasteiger partial charge on any atom is -0.343 e. The Morgan fingerprint density at radius 1 is 0.967 bits per heavy atom. The molecule has 1 aromatic heterocycles. The predicted molar refractivity (Wildman–Crippen MR) is 118 cm³/mol. The fourth-order valence-electron chi connectivity index (χ4n) is 4.60. The Kier molecular flexibility index (Phi) is 4.46. The molecule has 2 heterocycles. The van der Waals surface area contributed by atoms with Crippen LogP contribution in [-0.4, -0.2) is 15.6 Å². The predicted octanol–water partition coefficient (Wildman–Crippen LogP) is 4.85. The van der Waals surface area contributed by atoms with Crippen molar-refractivity contribution in [1.29, 1.82) is 0 Å². The van der Waals surface area contributed by atoms with Gasteiger partial charge in [0, 0.05) is 23.6 Å². The van der Waals surface area contributed by atoms with Crippen molar-refractivity contribution < 1.29 is 4.79 Å². The highest BCUT2D eigenvalue weighted by Crippen LogP contribution is 2.43. The molecular formula is C25H25N3O2.